The third-order valence-corrected chi connectivity index (χ3v) is 5.06. The maximum atomic E-state index is 6.38. The van der Waals surface area contributed by atoms with E-state index in [9.17, 15) is 0 Å². The lowest BCUT2D eigenvalue weighted by Crippen LogP contribution is -2.43. The SMILES string of the molecule is NC1(c2ccc(C3CCCCCC3)cc2)CCC1. The lowest BCUT2D eigenvalue weighted by Gasteiger charge is -2.38. The molecule has 1 aromatic carbocycles. The number of benzene rings is 1. The Kier molecular flexibility index (Phi) is 3.43. The van der Waals surface area contributed by atoms with Crippen LogP contribution in [0.15, 0.2) is 24.3 Å². The Labute approximate surface area is 111 Å². The van der Waals surface area contributed by atoms with Crippen LogP contribution in [0.1, 0.15) is 74.8 Å². The molecule has 0 aromatic heterocycles. The predicted octanol–water partition coefficient (Wildman–Crippen LogP) is 4.46. The number of hydrogen-bond acceptors (Lipinski definition) is 1. The van der Waals surface area contributed by atoms with Crippen molar-refractivity contribution in [2.75, 3.05) is 0 Å². The minimum absolute atomic E-state index is 0.00197. The zero-order valence-corrected chi connectivity index (χ0v) is 11.3. The molecule has 3 rings (SSSR count). The van der Waals surface area contributed by atoms with Crippen molar-refractivity contribution in [2.45, 2.75) is 69.2 Å². The van der Waals surface area contributed by atoms with Crippen molar-refractivity contribution in [3.8, 4) is 0 Å². The highest BCUT2D eigenvalue weighted by Crippen LogP contribution is 2.39. The zero-order valence-electron chi connectivity index (χ0n) is 11.3. The first-order valence-corrected chi connectivity index (χ1v) is 7.67. The summed E-state index contributed by atoms with van der Waals surface area (Å²) in [5.41, 5.74) is 9.28. The van der Waals surface area contributed by atoms with Gasteiger partial charge >= 0.3 is 0 Å². The molecule has 1 heteroatoms. The number of rotatable bonds is 2. The fourth-order valence-electron chi connectivity index (χ4n) is 3.55. The van der Waals surface area contributed by atoms with Crippen molar-refractivity contribution in [3.05, 3.63) is 35.4 Å². The van der Waals surface area contributed by atoms with Gasteiger partial charge in [-0.15, -0.1) is 0 Å². The average Bonchev–Trinajstić information content (AvgIpc) is 2.65. The van der Waals surface area contributed by atoms with E-state index in [1.165, 1.54) is 50.5 Å². The monoisotopic (exact) mass is 243 g/mol. The molecule has 0 saturated heterocycles. The van der Waals surface area contributed by atoms with Crippen LogP contribution in [0, 0.1) is 0 Å². The summed E-state index contributed by atoms with van der Waals surface area (Å²) in [6.45, 7) is 0. The molecule has 2 saturated carbocycles. The van der Waals surface area contributed by atoms with Gasteiger partial charge in [-0.25, -0.2) is 0 Å². The van der Waals surface area contributed by atoms with Crippen LogP contribution in [0.5, 0.6) is 0 Å². The van der Waals surface area contributed by atoms with Crippen LogP contribution in [0.25, 0.3) is 0 Å². The number of hydrogen-bond donors (Lipinski definition) is 1. The van der Waals surface area contributed by atoms with Gasteiger partial charge in [-0.3, -0.25) is 0 Å². The Morgan fingerprint density at radius 3 is 1.94 bits per heavy atom. The topological polar surface area (TPSA) is 26.0 Å². The molecule has 0 radical (unpaired) electrons. The smallest absolute Gasteiger partial charge is 0.0409 e. The summed E-state index contributed by atoms with van der Waals surface area (Å²) in [6, 6.07) is 9.27. The normalized spacial score (nSPS) is 24.3. The Morgan fingerprint density at radius 1 is 0.833 bits per heavy atom. The second-order valence-corrected chi connectivity index (χ2v) is 6.32. The summed E-state index contributed by atoms with van der Waals surface area (Å²) >= 11 is 0. The van der Waals surface area contributed by atoms with E-state index in [2.05, 4.69) is 24.3 Å². The first kappa shape index (κ1) is 12.2. The molecule has 0 spiro atoms. The summed E-state index contributed by atoms with van der Waals surface area (Å²) < 4.78 is 0. The maximum absolute atomic E-state index is 6.38. The Balaban J connectivity index is 1.73. The summed E-state index contributed by atoms with van der Waals surface area (Å²) in [5.74, 6) is 0.802. The molecule has 0 unspecified atom stereocenters. The van der Waals surface area contributed by atoms with Crippen LogP contribution in [0.4, 0.5) is 0 Å². The Hall–Kier alpha value is -0.820. The van der Waals surface area contributed by atoms with Crippen molar-refractivity contribution in [2.24, 2.45) is 5.73 Å². The van der Waals surface area contributed by atoms with E-state index in [0.29, 0.717) is 0 Å². The maximum Gasteiger partial charge on any atom is 0.0409 e. The van der Waals surface area contributed by atoms with E-state index in [4.69, 9.17) is 5.73 Å². The standard InChI is InChI=1S/C17H25N/c18-17(12-5-13-17)16-10-8-15(9-11-16)14-6-3-1-2-4-7-14/h8-11,14H,1-7,12-13,18H2. The van der Waals surface area contributed by atoms with Crippen LogP contribution in [0.3, 0.4) is 0 Å². The molecular weight excluding hydrogens is 218 g/mol. The Bertz CT molecular complexity index is 381. The van der Waals surface area contributed by atoms with E-state index in [1.54, 1.807) is 5.56 Å². The first-order valence-electron chi connectivity index (χ1n) is 7.67. The molecular formula is C17H25N. The Morgan fingerprint density at radius 2 is 1.44 bits per heavy atom. The van der Waals surface area contributed by atoms with Crippen LogP contribution >= 0.6 is 0 Å². The molecule has 0 heterocycles. The molecule has 1 aromatic rings. The molecule has 0 atom stereocenters. The van der Waals surface area contributed by atoms with E-state index in [0.717, 1.165) is 18.8 Å². The largest absolute Gasteiger partial charge is 0.321 e. The van der Waals surface area contributed by atoms with Crippen molar-refractivity contribution in [1.29, 1.82) is 0 Å². The van der Waals surface area contributed by atoms with Gasteiger partial charge in [-0.2, -0.15) is 0 Å². The molecule has 2 aliphatic carbocycles. The zero-order chi connectivity index (χ0) is 12.4. The lowest BCUT2D eigenvalue weighted by molar-refractivity contribution is 0.253. The average molecular weight is 243 g/mol. The highest BCUT2D eigenvalue weighted by Gasteiger charge is 2.34. The second kappa shape index (κ2) is 5.05. The third-order valence-electron chi connectivity index (χ3n) is 5.06. The first-order chi connectivity index (χ1) is 8.78. The van der Waals surface area contributed by atoms with Gasteiger partial charge in [0.15, 0.2) is 0 Å². The van der Waals surface area contributed by atoms with Gasteiger partial charge in [-0.05, 0) is 49.1 Å². The van der Waals surface area contributed by atoms with E-state index >= 15 is 0 Å². The second-order valence-electron chi connectivity index (χ2n) is 6.32. The summed E-state index contributed by atoms with van der Waals surface area (Å²) in [5, 5.41) is 0. The van der Waals surface area contributed by atoms with Gasteiger partial charge in [0, 0.05) is 5.54 Å². The molecule has 2 N–H and O–H groups in total. The van der Waals surface area contributed by atoms with Gasteiger partial charge in [0.1, 0.15) is 0 Å². The predicted molar refractivity (Wildman–Crippen MR) is 76.6 cm³/mol. The summed E-state index contributed by atoms with van der Waals surface area (Å²) in [7, 11) is 0. The van der Waals surface area contributed by atoms with E-state index in [-0.39, 0.29) is 5.54 Å². The minimum atomic E-state index is 0.00197. The molecule has 98 valence electrons. The van der Waals surface area contributed by atoms with Crippen LogP contribution < -0.4 is 5.73 Å². The van der Waals surface area contributed by atoms with E-state index < -0.39 is 0 Å². The van der Waals surface area contributed by atoms with Gasteiger partial charge in [0.2, 0.25) is 0 Å². The quantitative estimate of drug-likeness (QED) is 0.762. The van der Waals surface area contributed by atoms with Gasteiger partial charge in [-0.1, -0.05) is 49.9 Å². The summed E-state index contributed by atoms with van der Waals surface area (Å²) in [4.78, 5) is 0. The van der Waals surface area contributed by atoms with Gasteiger partial charge < -0.3 is 5.73 Å². The third kappa shape index (κ3) is 2.33. The molecule has 0 bridgehead atoms. The van der Waals surface area contributed by atoms with Crippen LogP contribution in [0.2, 0.25) is 0 Å². The molecule has 1 nitrogen and oxygen atoms in total. The molecule has 0 aliphatic heterocycles. The summed E-state index contributed by atoms with van der Waals surface area (Å²) in [6.07, 6.45) is 12.1. The van der Waals surface area contributed by atoms with Crippen LogP contribution in [-0.4, -0.2) is 0 Å². The molecule has 0 amide bonds. The molecule has 18 heavy (non-hydrogen) atoms. The van der Waals surface area contributed by atoms with Gasteiger partial charge in [0.25, 0.3) is 0 Å². The molecule has 2 aliphatic rings. The van der Waals surface area contributed by atoms with Crippen molar-refractivity contribution >= 4 is 0 Å². The van der Waals surface area contributed by atoms with Crippen molar-refractivity contribution in [3.63, 3.8) is 0 Å². The van der Waals surface area contributed by atoms with Crippen LogP contribution in [-0.2, 0) is 5.54 Å². The van der Waals surface area contributed by atoms with E-state index in [1.807, 2.05) is 0 Å². The van der Waals surface area contributed by atoms with Crippen molar-refractivity contribution in [1.82, 2.24) is 0 Å². The lowest BCUT2D eigenvalue weighted by atomic mass is 9.72. The highest BCUT2D eigenvalue weighted by molar-refractivity contribution is 5.31. The van der Waals surface area contributed by atoms with Crippen molar-refractivity contribution < 1.29 is 0 Å². The molecule has 2 fully saturated rings. The fraction of sp³-hybridized carbons (Fsp3) is 0.647. The minimum Gasteiger partial charge on any atom is -0.321 e. The number of nitrogens with two attached hydrogens (primary N) is 1. The van der Waals surface area contributed by atoms with Gasteiger partial charge in [0.05, 0.1) is 0 Å². The fourth-order valence-corrected chi connectivity index (χ4v) is 3.55. The highest BCUT2D eigenvalue weighted by atomic mass is 14.8.